The minimum atomic E-state index is 0.655. The van der Waals surface area contributed by atoms with Crippen molar-refractivity contribution in [1.82, 2.24) is 4.90 Å². The van der Waals surface area contributed by atoms with Crippen LogP contribution in [0.4, 0.5) is 0 Å². The fraction of sp³-hybridized carbons (Fsp3) is 0.556. The molecule has 0 saturated carbocycles. The molecule has 2 heterocycles. The largest absolute Gasteiger partial charge is 0.368 e. The Morgan fingerprint density at radius 1 is 1.64 bits per heavy atom. The van der Waals surface area contributed by atoms with Gasteiger partial charge in [-0.25, -0.2) is 0 Å². The smallest absolute Gasteiger partial charge is 0.0407 e. The fourth-order valence-electron chi connectivity index (χ4n) is 1.91. The Hall–Kier alpha value is -0.430. The summed E-state index contributed by atoms with van der Waals surface area (Å²) in [4.78, 5) is 2.37. The molecular formula is C9H12ClN. The molecule has 0 aromatic heterocycles. The Morgan fingerprint density at radius 3 is 3.00 bits per heavy atom. The van der Waals surface area contributed by atoms with Crippen LogP contribution in [0.2, 0.25) is 0 Å². The molecule has 1 atom stereocenters. The van der Waals surface area contributed by atoms with Crippen LogP contribution in [0.25, 0.3) is 0 Å². The third-order valence-corrected chi connectivity index (χ3v) is 2.71. The number of allylic oxidation sites excluding steroid dienone is 1. The normalized spacial score (nSPS) is 32.5. The van der Waals surface area contributed by atoms with Crippen molar-refractivity contribution in [3.05, 3.63) is 23.9 Å². The first-order valence-corrected chi connectivity index (χ1v) is 4.53. The summed E-state index contributed by atoms with van der Waals surface area (Å²) < 4.78 is 0. The minimum Gasteiger partial charge on any atom is -0.368 e. The van der Waals surface area contributed by atoms with E-state index >= 15 is 0 Å². The maximum atomic E-state index is 5.62. The molecule has 0 bridgehead atoms. The van der Waals surface area contributed by atoms with Gasteiger partial charge in [0.25, 0.3) is 0 Å². The zero-order valence-corrected chi connectivity index (χ0v) is 7.27. The van der Waals surface area contributed by atoms with Gasteiger partial charge in [0.1, 0.15) is 0 Å². The number of fused-ring (bicyclic) bond motifs is 1. The van der Waals surface area contributed by atoms with Crippen LogP contribution in [0.5, 0.6) is 0 Å². The number of nitrogens with zero attached hydrogens (tertiary/aromatic N) is 1. The van der Waals surface area contributed by atoms with E-state index in [9.17, 15) is 0 Å². The Kier molecular flexibility index (Phi) is 1.68. The average Bonchev–Trinajstić information content (AvgIpc) is 2.29. The van der Waals surface area contributed by atoms with Gasteiger partial charge in [-0.3, -0.25) is 0 Å². The second kappa shape index (κ2) is 2.56. The first-order valence-electron chi connectivity index (χ1n) is 3.99. The lowest BCUT2D eigenvalue weighted by Gasteiger charge is -2.38. The number of rotatable bonds is 1. The molecule has 0 radical (unpaired) electrons. The van der Waals surface area contributed by atoms with Crippen molar-refractivity contribution < 1.29 is 0 Å². The van der Waals surface area contributed by atoms with Gasteiger partial charge in [-0.05, 0) is 6.42 Å². The molecule has 0 aromatic carbocycles. The van der Waals surface area contributed by atoms with E-state index in [0.29, 0.717) is 5.88 Å². The SMILES string of the molecule is C=C1CC2C/C(=C\CCl)CN12. The molecule has 2 rings (SSSR count). The van der Waals surface area contributed by atoms with E-state index in [2.05, 4.69) is 17.6 Å². The highest BCUT2D eigenvalue weighted by atomic mass is 35.5. The molecular weight excluding hydrogens is 158 g/mol. The topological polar surface area (TPSA) is 3.24 Å². The van der Waals surface area contributed by atoms with Gasteiger partial charge in [-0.2, -0.15) is 0 Å². The van der Waals surface area contributed by atoms with E-state index < -0.39 is 0 Å². The molecule has 0 aromatic rings. The van der Waals surface area contributed by atoms with Crippen molar-refractivity contribution in [3.8, 4) is 0 Å². The van der Waals surface area contributed by atoms with Crippen LogP contribution in [0.1, 0.15) is 12.8 Å². The maximum Gasteiger partial charge on any atom is 0.0407 e. The fourth-order valence-corrected chi connectivity index (χ4v) is 2.13. The second-order valence-electron chi connectivity index (χ2n) is 3.27. The lowest BCUT2D eigenvalue weighted by Crippen LogP contribution is -2.39. The first kappa shape index (κ1) is 7.23. The molecule has 2 heteroatoms. The monoisotopic (exact) mass is 169 g/mol. The van der Waals surface area contributed by atoms with Crippen LogP contribution in [0.3, 0.4) is 0 Å². The van der Waals surface area contributed by atoms with E-state index in [-0.39, 0.29) is 0 Å². The van der Waals surface area contributed by atoms with E-state index in [1.54, 1.807) is 0 Å². The van der Waals surface area contributed by atoms with Gasteiger partial charge in [0.15, 0.2) is 0 Å². The predicted octanol–water partition coefficient (Wildman–Crippen LogP) is 2.14. The standard InChI is InChI=1S/C9H12ClN/c1-7-4-9-5-8(2-3-10)6-11(7)9/h2,9H,1,3-6H2/b8-2+. The van der Waals surface area contributed by atoms with Crippen LogP contribution in [-0.4, -0.2) is 23.4 Å². The summed E-state index contributed by atoms with van der Waals surface area (Å²) in [5, 5.41) is 0. The van der Waals surface area contributed by atoms with Crippen molar-refractivity contribution in [2.24, 2.45) is 0 Å². The van der Waals surface area contributed by atoms with Gasteiger partial charge >= 0.3 is 0 Å². The van der Waals surface area contributed by atoms with Crippen LogP contribution in [0, 0.1) is 0 Å². The molecule has 60 valence electrons. The number of hydrogen-bond donors (Lipinski definition) is 0. The van der Waals surface area contributed by atoms with Gasteiger partial charge in [0, 0.05) is 30.6 Å². The number of hydrogen-bond acceptors (Lipinski definition) is 1. The quantitative estimate of drug-likeness (QED) is 0.430. The molecule has 0 amide bonds. The van der Waals surface area contributed by atoms with Crippen LogP contribution in [-0.2, 0) is 0 Å². The summed E-state index contributed by atoms with van der Waals surface area (Å²) in [7, 11) is 0. The van der Waals surface area contributed by atoms with E-state index in [1.807, 2.05) is 0 Å². The summed E-state index contributed by atoms with van der Waals surface area (Å²) >= 11 is 5.62. The molecule has 1 unspecified atom stereocenters. The summed E-state index contributed by atoms with van der Waals surface area (Å²) in [5.74, 6) is 0.655. The zero-order valence-electron chi connectivity index (χ0n) is 6.52. The molecule has 0 N–H and O–H groups in total. The van der Waals surface area contributed by atoms with Crippen LogP contribution >= 0.6 is 11.6 Å². The third-order valence-electron chi connectivity index (χ3n) is 2.56. The molecule has 2 aliphatic rings. The highest BCUT2D eigenvalue weighted by Gasteiger charge is 2.36. The molecule has 2 saturated heterocycles. The number of halogens is 1. The zero-order chi connectivity index (χ0) is 7.84. The van der Waals surface area contributed by atoms with Crippen LogP contribution in [0.15, 0.2) is 23.9 Å². The van der Waals surface area contributed by atoms with Gasteiger partial charge in [-0.1, -0.05) is 18.2 Å². The first-order chi connectivity index (χ1) is 5.31. The van der Waals surface area contributed by atoms with Crippen LogP contribution < -0.4 is 0 Å². The minimum absolute atomic E-state index is 0.655. The average molecular weight is 170 g/mol. The van der Waals surface area contributed by atoms with Gasteiger partial charge in [0.2, 0.25) is 0 Å². The van der Waals surface area contributed by atoms with Crippen molar-refractivity contribution in [2.75, 3.05) is 12.4 Å². The molecule has 11 heavy (non-hydrogen) atoms. The van der Waals surface area contributed by atoms with Crippen molar-refractivity contribution in [1.29, 1.82) is 0 Å². The Bertz CT molecular complexity index is 220. The molecule has 1 nitrogen and oxygen atoms in total. The predicted molar refractivity (Wildman–Crippen MR) is 47.7 cm³/mol. The van der Waals surface area contributed by atoms with E-state index in [0.717, 1.165) is 12.6 Å². The highest BCUT2D eigenvalue weighted by molar-refractivity contribution is 6.18. The lowest BCUT2D eigenvalue weighted by molar-refractivity contribution is 0.216. The number of alkyl halides is 1. The Labute approximate surface area is 72.3 Å². The summed E-state index contributed by atoms with van der Waals surface area (Å²) in [5.41, 5.74) is 2.79. The highest BCUT2D eigenvalue weighted by Crippen LogP contribution is 2.38. The molecule has 0 aliphatic carbocycles. The second-order valence-corrected chi connectivity index (χ2v) is 3.58. The summed E-state index contributed by atoms with van der Waals surface area (Å²) in [6.07, 6.45) is 4.54. The molecule has 2 fully saturated rings. The van der Waals surface area contributed by atoms with Gasteiger partial charge in [0.05, 0.1) is 0 Å². The molecule has 0 spiro atoms. The van der Waals surface area contributed by atoms with Crippen molar-refractivity contribution in [3.63, 3.8) is 0 Å². The Balaban J connectivity index is 2.04. The summed E-state index contributed by atoms with van der Waals surface area (Å²) in [6.45, 7) is 5.04. The van der Waals surface area contributed by atoms with E-state index in [4.69, 9.17) is 11.6 Å². The van der Waals surface area contributed by atoms with Gasteiger partial charge < -0.3 is 4.90 Å². The van der Waals surface area contributed by atoms with Crippen molar-refractivity contribution >= 4 is 11.6 Å². The maximum absolute atomic E-state index is 5.62. The Morgan fingerprint density at radius 2 is 2.45 bits per heavy atom. The lowest BCUT2D eigenvalue weighted by atomic mass is 10.0. The van der Waals surface area contributed by atoms with E-state index in [1.165, 1.54) is 24.1 Å². The third kappa shape index (κ3) is 1.08. The molecule has 2 aliphatic heterocycles. The van der Waals surface area contributed by atoms with Gasteiger partial charge in [-0.15, -0.1) is 11.6 Å². The van der Waals surface area contributed by atoms with Crippen molar-refractivity contribution in [2.45, 2.75) is 18.9 Å². The summed E-state index contributed by atoms with van der Waals surface area (Å²) in [6, 6.07) is 0.761.